The molecule has 2 aromatic heterocycles. The monoisotopic (exact) mass is 388 g/mol. The highest BCUT2D eigenvalue weighted by Gasteiger charge is 2.32. The highest BCUT2D eigenvalue weighted by Crippen LogP contribution is 2.41. The van der Waals surface area contributed by atoms with Crippen LogP contribution in [-0.4, -0.2) is 26.9 Å². The van der Waals surface area contributed by atoms with E-state index in [0.717, 1.165) is 50.5 Å². The van der Waals surface area contributed by atoms with Crippen LogP contribution in [0, 0.1) is 11.3 Å². The summed E-state index contributed by atoms with van der Waals surface area (Å²) >= 11 is 1.60. The van der Waals surface area contributed by atoms with Crippen LogP contribution in [0.2, 0.25) is 0 Å². The molecule has 1 atom stereocenters. The zero-order valence-corrected chi connectivity index (χ0v) is 17.2. The number of carbonyl (C=O) groups is 1. The summed E-state index contributed by atoms with van der Waals surface area (Å²) in [4.78, 5) is 27.3. The van der Waals surface area contributed by atoms with E-state index in [2.05, 4.69) is 36.4 Å². The minimum absolute atomic E-state index is 0.0481. The SMILES string of the molecule is CC(C)(C)[C@@H]1CCc2c(sc3nnn(CC(=O)NC4CCCC4)c(=O)c23)C1. The predicted octanol–water partition coefficient (Wildman–Crippen LogP) is 3.06. The van der Waals surface area contributed by atoms with Crippen LogP contribution in [0.25, 0.3) is 10.2 Å². The van der Waals surface area contributed by atoms with Crippen LogP contribution >= 0.6 is 11.3 Å². The van der Waals surface area contributed by atoms with E-state index in [0.29, 0.717) is 16.1 Å². The number of nitrogens with zero attached hydrogens (tertiary/aromatic N) is 3. The fourth-order valence-electron chi connectivity index (χ4n) is 4.45. The minimum atomic E-state index is -0.173. The third-order valence-corrected chi connectivity index (χ3v) is 7.32. The Morgan fingerprint density at radius 2 is 2.00 bits per heavy atom. The predicted molar refractivity (Wildman–Crippen MR) is 107 cm³/mol. The molecule has 1 saturated carbocycles. The van der Waals surface area contributed by atoms with Gasteiger partial charge in [0.25, 0.3) is 5.56 Å². The summed E-state index contributed by atoms with van der Waals surface area (Å²) in [5, 5.41) is 12.0. The van der Waals surface area contributed by atoms with E-state index in [4.69, 9.17) is 0 Å². The summed E-state index contributed by atoms with van der Waals surface area (Å²) in [6.45, 7) is 6.80. The quantitative estimate of drug-likeness (QED) is 0.877. The van der Waals surface area contributed by atoms with Gasteiger partial charge in [-0.05, 0) is 49.0 Å². The smallest absolute Gasteiger partial charge is 0.279 e. The normalized spacial score (nSPS) is 20.8. The van der Waals surface area contributed by atoms with Crippen LogP contribution in [0.4, 0.5) is 0 Å². The van der Waals surface area contributed by atoms with Gasteiger partial charge in [0.1, 0.15) is 6.54 Å². The number of amides is 1. The maximum Gasteiger partial charge on any atom is 0.279 e. The Kier molecular flexibility index (Phi) is 4.82. The number of aromatic nitrogens is 3. The van der Waals surface area contributed by atoms with Crippen LogP contribution < -0.4 is 10.9 Å². The van der Waals surface area contributed by atoms with Crippen molar-refractivity contribution >= 4 is 27.5 Å². The number of nitrogens with one attached hydrogen (secondary N) is 1. The summed E-state index contributed by atoms with van der Waals surface area (Å²) < 4.78 is 1.23. The van der Waals surface area contributed by atoms with Crippen molar-refractivity contribution in [1.82, 2.24) is 20.3 Å². The number of carbonyl (C=O) groups excluding carboxylic acids is 1. The number of hydrogen-bond acceptors (Lipinski definition) is 5. The molecular weight excluding hydrogens is 360 g/mol. The summed E-state index contributed by atoms with van der Waals surface area (Å²) in [6, 6.07) is 0.244. The third-order valence-electron chi connectivity index (χ3n) is 6.18. The van der Waals surface area contributed by atoms with E-state index in [-0.39, 0.29) is 29.5 Å². The molecular formula is C20H28N4O2S. The Balaban J connectivity index is 1.59. The van der Waals surface area contributed by atoms with Crippen LogP contribution in [0.15, 0.2) is 4.79 Å². The first-order valence-electron chi connectivity index (χ1n) is 10.0. The molecule has 0 aliphatic heterocycles. The van der Waals surface area contributed by atoms with E-state index >= 15 is 0 Å². The summed E-state index contributed by atoms with van der Waals surface area (Å²) in [7, 11) is 0. The largest absolute Gasteiger partial charge is 0.352 e. The van der Waals surface area contributed by atoms with Gasteiger partial charge in [-0.3, -0.25) is 9.59 Å². The van der Waals surface area contributed by atoms with Crippen molar-refractivity contribution in [3.63, 3.8) is 0 Å². The third kappa shape index (κ3) is 3.66. The molecule has 1 amide bonds. The molecule has 2 aromatic rings. The average Bonchev–Trinajstić information content (AvgIpc) is 3.23. The highest BCUT2D eigenvalue weighted by atomic mass is 32.1. The van der Waals surface area contributed by atoms with Gasteiger partial charge >= 0.3 is 0 Å². The average molecular weight is 389 g/mol. The molecule has 0 saturated heterocycles. The maximum absolute atomic E-state index is 13.0. The van der Waals surface area contributed by atoms with Gasteiger partial charge in [0.15, 0.2) is 4.83 Å². The summed E-state index contributed by atoms with van der Waals surface area (Å²) in [5.74, 6) is 0.472. The zero-order chi connectivity index (χ0) is 19.2. The Hall–Kier alpha value is -1.76. The van der Waals surface area contributed by atoms with Gasteiger partial charge in [-0.1, -0.05) is 38.8 Å². The molecule has 7 heteroatoms. The van der Waals surface area contributed by atoms with Crippen molar-refractivity contribution < 1.29 is 4.79 Å². The van der Waals surface area contributed by atoms with Gasteiger partial charge in [0, 0.05) is 10.9 Å². The van der Waals surface area contributed by atoms with E-state index in [1.807, 2.05) is 0 Å². The van der Waals surface area contributed by atoms with Crippen molar-refractivity contribution in [3.8, 4) is 0 Å². The Morgan fingerprint density at radius 3 is 2.70 bits per heavy atom. The summed E-state index contributed by atoms with van der Waals surface area (Å²) in [5.41, 5.74) is 1.23. The van der Waals surface area contributed by atoms with E-state index in [1.165, 1.54) is 9.56 Å². The van der Waals surface area contributed by atoms with Crippen molar-refractivity contribution in [3.05, 3.63) is 20.8 Å². The number of fused-ring (bicyclic) bond motifs is 3. The molecule has 146 valence electrons. The van der Waals surface area contributed by atoms with Crippen LogP contribution in [-0.2, 0) is 24.2 Å². The van der Waals surface area contributed by atoms with E-state index < -0.39 is 0 Å². The lowest BCUT2D eigenvalue weighted by Gasteiger charge is -2.33. The molecule has 0 bridgehead atoms. The first kappa shape index (κ1) is 18.6. The molecule has 2 aliphatic rings. The van der Waals surface area contributed by atoms with Crippen molar-refractivity contribution in [2.24, 2.45) is 11.3 Å². The highest BCUT2D eigenvalue weighted by molar-refractivity contribution is 7.18. The lowest BCUT2D eigenvalue weighted by atomic mass is 9.72. The second kappa shape index (κ2) is 7.00. The van der Waals surface area contributed by atoms with Gasteiger partial charge in [-0.2, -0.15) is 0 Å². The fraction of sp³-hybridized carbons (Fsp3) is 0.700. The standard InChI is InChI=1S/C20H28N4O2S/c1-20(2,3)12-8-9-14-15(10-12)27-18-17(14)19(26)24(23-22-18)11-16(25)21-13-6-4-5-7-13/h12-13H,4-11H2,1-3H3,(H,21,25)/t12-/m1/s1. The Labute approximate surface area is 163 Å². The number of thiophene rings is 1. The second-order valence-corrected chi connectivity index (χ2v) is 10.2. The molecule has 1 N–H and O–H groups in total. The Morgan fingerprint density at radius 1 is 1.26 bits per heavy atom. The van der Waals surface area contributed by atoms with Crippen LogP contribution in [0.3, 0.4) is 0 Å². The lowest BCUT2D eigenvalue weighted by molar-refractivity contribution is -0.122. The van der Waals surface area contributed by atoms with E-state index in [9.17, 15) is 9.59 Å². The van der Waals surface area contributed by atoms with Gasteiger partial charge in [0.2, 0.25) is 5.91 Å². The molecule has 0 radical (unpaired) electrons. The first-order chi connectivity index (χ1) is 12.8. The Bertz CT molecular complexity index is 918. The number of hydrogen-bond donors (Lipinski definition) is 1. The van der Waals surface area contributed by atoms with Crippen molar-refractivity contribution in [2.75, 3.05) is 0 Å². The number of aryl methyl sites for hydroxylation is 1. The topological polar surface area (TPSA) is 76.9 Å². The summed E-state index contributed by atoms with van der Waals surface area (Å²) in [6.07, 6.45) is 7.37. The molecule has 0 aromatic carbocycles. The van der Waals surface area contributed by atoms with Gasteiger partial charge in [-0.15, -0.1) is 16.4 Å². The molecule has 0 spiro atoms. The molecule has 2 heterocycles. The van der Waals surface area contributed by atoms with E-state index in [1.54, 1.807) is 11.3 Å². The lowest BCUT2D eigenvalue weighted by Crippen LogP contribution is -2.38. The second-order valence-electron chi connectivity index (χ2n) is 9.09. The van der Waals surface area contributed by atoms with Crippen molar-refractivity contribution in [2.45, 2.75) is 78.3 Å². The maximum atomic E-state index is 13.0. The molecule has 2 aliphatic carbocycles. The molecule has 27 heavy (non-hydrogen) atoms. The number of rotatable bonds is 3. The molecule has 1 fully saturated rings. The zero-order valence-electron chi connectivity index (χ0n) is 16.4. The molecule has 0 unspecified atom stereocenters. The minimum Gasteiger partial charge on any atom is -0.352 e. The van der Waals surface area contributed by atoms with Crippen molar-refractivity contribution in [1.29, 1.82) is 0 Å². The first-order valence-corrected chi connectivity index (χ1v) is 10.8. The van der Waals surface area contributed by atoms with Crippen LogP contribution in [0.1, 0.15) is 63.3 Å². The molecule has 6 nitrogen and oxygen atoms in total. The van der Waals surface area contributed by atoms with Gasteiger partial charge in [0.05, 0.1) is 5.39 Å². The fourth-order valence-corrected chi connectivity index (χ4v) is 5.68. The van der Waals surface area contributed by atoms with Gasteiger partial charge < -0.3 is 5.32 Å². The molecule has 4 rings (SSSR count). The van der Waals surface area contributed by atoms with Gasteiger partial charge in [-0.25, -0.2) is 4.68 Å². The van der Waals surface area contributed by atoms with Crippen LogP contribution in [0.5, 0.6) is 0 Å².